The highest BCUT2D eigenvalue weighted by molar-refractivity contribution is 6.06. The van der Waals surface area contributed by atoms with Crippen LogP contribution in [0, 0.1) is 6.92 Å². The highest BCUT2D eigenvalue weighted by atomic mass is 16.4. The van der Waals surface area contributed by atoms with E-state index in [9.17, 15) is 9.59 Å². The molecule has 2 rings (SSSR count). The number of carboxylic acid groups (broad SMARTS) is 1. The largest absolute Gasteiger partial charge is 0.479 e. The topological polar surface area (TPSA) is 99.5 Å². The van der Waals surface area contributed by atoms with Crippen LogP contribution in [0.15, 0.2) is 30.3 Å². The molecule has 0 radical (unpaired) electrons. The number of carboxylic acids is 1. The molecule has 6 nitrogen and oxygen atoms in total. The molecular weight excluding hydrogens is 260 g/mol. The number of benzene rings is 1. The molecule has 0 saturated carbocycles. The number of rotatable bonds is 4. The number of hydrogen-bond donors (Lipinski definition) is 3. The first kappa shape index (κ1) is 14.0. The third-order valence-electron chi connectivity index (χ3n) is 2.83. The van der Waals surface area contributed by atoms with Gasteiger partial charge in [-0.05, 0) is 19.1 Å². The molecule has 1 aromatic carbocycles. The molecule has 2 aromatic rings. The van der Waals surface area contributed by atoms with Crippen molar-refractivity contribution in [2.75, 3.05) is 6.54 Å². The molecular formula is C14H14N2O4. The van der Waals surface area contributed by atoms with Crippen molar-refractivity contribution in [3.63, 3.8) is 0 Å². The highest BCUT2D eigenvalue weighted by Gasteiger charge is 2.16. The first-order valence-corrected chi connectivity index (χ1v) is 6.04. The fourth-order valence-corrected chi connectivity index (χ4v) is 1.87. The Hall–Kier alpha value is -2.47. The molecule has 0 aliphatic heterocycles. The molecule has 0 aliphatic carbocycles. The number of aliphatic carboxylic acids is 1. The lowest BCUT2D eigenvalue weighted by Crippen LogP contribution is -2.36. The van der Waals surface area contributed by atoms with Gasteiger partial charge in [0.15, 0.2) is 6.10 Å². The summed E-state index contributed by atoms with van der Waals surface area (Å²) in [5, 5.41) is 20.8. The summed E-state index contributed by atoms with van der Waals surface area (Å²) in [5.74, 6) is -1.81. The van der Waals surface area contributed by atoms with E-state index < -0.39 is 18.0 Å². The van der Waals surface area contributed by atoms with Crippen LogP contribution >= 0.6 is 0 Å². The average Bonchev–Trinajstić information content (AvgIpc) is 2.43. The Morgan fingerprint density at radius 1 is 1.35 bits per heavy atom. The Labute approximate surface area is 115 Å². The van der Waals surface area contributed by atoms with Crippen LogP contribution in [0.3, 0.4) is 0 Å². The minimum absolute atomic E-state index is 0.343. The quantitative estimate of drug-likeness (QED) is 0.762. The number of fused-ring (bicyclic) bond motifs is 1. The smallest absolute Gasteiger partial charge is 0.334 e. The summed E-state index contributed by atoms with van der Waals surface area (Å²) in [6.45, 7) is 1.43. The van der Waals surface area contributed by atoms with Crippen LogP contribution in [0.1, 0.15) is 16.1 Å². The summed E-state index contributed by atoms with van der Waals surface area (Å²) in [5.41, 5.74) is 1.79. The molecule has 0 unspecified atom stereocenters. The van der Waals surface area contributed by atoms with Crippen molar-refractivity contribution in [1.29, 1.82) is 0 Å². The van der Waals surface area contributed by atoms with Crippen LogP contribution in [-0.4, -0.2) is 39.7 Å². The number of aryl methyl sites for hydroxylation is 1. The zero-order chi connectivity index (χ0) is 14.7. The Balaban J connectivity index is 2.28. The number of nitrogens with one attached hydrogen (secondary N) is 1. The minimum atomic E-state index is -1.62. The monoisotopic (exact) mass is 274 g/mol. The zero-order valence-corrected chi connectivity index (χ0v) is 10.8. The van der Waals surface area contributed by atoms with E-state index in [4.69, 9.17) is 10.2 Å². The van der Waals surface area contributed by atoms with Crippen molar-refractivity contribution in [2.45, 2.75) is 13.0 Å². The van der Waals surface area contributed by atoms with Gasteiger partial charge in [-0.1, -0.05) is 18.2 Å². The molecule has 0 aliphatic rings. The van der Waals surface area contributed by atoms with Gasteiger partial charge in [0, 0.05) is 11.1 Å². The van der Waals surface area contributed by atoms with Gasteiger partial charge >= 0.3 is 5.97 Å². The lowest BCUT2D eigenvalue weighted by atomic mass is 10.1. The first-order valence-electron chi connectivity index (χ1n) is 6.04. The van der Waals surface area contributed by atoms with Gasteiger partial charge in [-0.25, -0.2) is 4.79 Å². The number of aromatic nitrogens is 1. The molecule has 1 aromatic heterocycles. The van der Waals surface area contributed by atoms with Crippen molar-refractivity contribution in [3.05, 3.63) is 41.6 Å². The van der Waals surface area contributed by atoms with E-state index in [2.05, 4.69) is 10.3 Å². The van der Waals surface area contributed by atoms with E-state index in [0.717, 1.165) is 0 Å². The highest BCUT2D eigenvalue weighted by Crippen LogP contribution is 2.17. The van der Waals surface area contributed by atoms with E-state index >= 15 is 0 Å². The number of para-hydroxylation sites is 1. The maximum atomic E-state index is 12.1. The average molecular weight is 274 g/mol. The maximum Gasteiger partial charge on any atom is 0.334 e. The van der Waals surface area contributed by atoms with E-state index in [0.29, 0.717) is 22.2 Å². The Morgan fingerprint density at radius 3 is 2.75 bits per heavy atom. The van der Waals surface area contributed by atoms with Crippen LogP contribution in [-0.2, 0) is 4.79 Å². The number of hydrogen-bond acceptors (Lipinski definition) is 4. The summed E-state index contributed by atoms with van der Waals surface area (Å²) in [6.07, 6.45) is -1.62. The molecule has 3 N–H and O–H groups in total. The van der Waals surface area contributed by atoms with Crippen LogP contribution < -0.4 is 5.32 Å². The van der Waals surface area contributed by atoms with E-state index in [1.807, 2.05) is 6.07 Å². The third kappa shape index (κ3) is 2.92. The van der Waals surface area contributed by atoms with Gasteiger partial charge in [0.1, 0.15) is 0 Å². The molecule has 1 atom stereocenters. The summed E-state index contributed by atoms with van der Waals surface area (Å²) < 4.78 is 0. The van der Waals surface area contributed by atoms with E-state index in [1.165, 1.54) is 0 Å². The second-order valence-corrected chi connectivity index (χ2v) is 4.39. The van der Waals surface area contributed by atoms with Crippen molar-refractivity contribution in [3.8, 4) is 0 Å². The van der Waals surface area contributed by atoms with Crippen LogP contribution in [0.4, 0.5) is 0 Å². The second kappa shape index (κ2) is 5.66. The Bertz CT molecular complexity index is 669. The Morgan fingerprint density at radius 2 is 2.05 bits per heavy atom. The van der Waals surface area contributed by atoms with E-state index in [-0.39, 0.29) is 6.54 Å². The van der Waals surface area contributed by atoms with Gasteiger partial charge in [0.05, 0.1) is 17.6 Å². The van der Waals surface area contributed by atoms with Crippen LogP contribution in [0.25, 0.3) is 10.9 Å². The molecule has 20 heavy (non-hydrogen) atoms. The first-order chi connectivity index (χ1) is 9.49. The number of aliphatic hydroxyl groups excluding tert-OH is 1. The standard InChI is InChI=1S/C14H14N2O4/c1-8-6-10(9-4-2-3-5-11(9)16-8)13(18)15-7-12(17)14(19)20/h2-6,12,17H,7H2,1H3,(H,15,18)(H,19,20)/t12-/m0/s1. The maximum absolute atomic E-state index is 12.1. The van der Waals surface area contributed by atoms with Gasteiger partial charge in [-0.15, -0.1) is 0 Å². The van der Waals surface area contributed by atoms with Crippen molar-refractivity contribution >= 4 is 22.8 Å². The lowest BCUT2D eigenvalue weighted by molar-refractivity contribution is -0.146. The molecule has 104 valence electrons. The van der Waals surface area contributed by atoms with Gasteiger partial charge in [-0.3, -0.25) is 9.78 Å². The number of carbonyl (C=O) groups is 2. The van der Waals surface area contributed by atoms with Crippen LogP contribution in [0.5, 0.6) is 0 Å². The molecule has 0 fully saturated rings. The van der Waals surface area contributed by atoms with Gasteiger partial charge in [0.25, 0.3) is 5.91 Å². The predicted molar refractivity (Wildman–Crippen MR) is 72.5 cm³/mol. The van der Waals surface area contributed by atoms with Crippen LogP contribution in [0.2, 0.25) is 0 Å². The normalized spacial score (nSPS) is 12.1. The number of amides is 1. The number of nitrogens with zero attached hydrogens (tertiary/aromatic N) is 1. The number of aliphatic hydroxyl groups is 1. The van der Waals surface area contributed by atoms with Crippen molar-refractivity contribution < 1.29 is 19.8 Å². The fourth-order valence-electron chi connectivity index (χ4n) is 1.87. The molecule has 0 spiro atoms. The SMILES string of the molecule is Cc1cc(C(=O)NC[C@H](O)C(=O)O)c2ccccc2n1. The zero-order valence-electron chi connectivity index (χ0n) is 10.8. The lowest BCUT2D eigenvalue weighted by Gasteiger charge is -2.10. The fraction of sp³-hybridized carbons (Fsp3) is 0.214. The summed E-state index contributed by atoms with van der Waals surface area (Å²) in [6, 6.07) is 8.81. The van der Waals surface area contributed by atoms with Crippen molar-refractivity contribution in [1.82, 2.24) is 10.3 Å². The summed E-state index contributed by atoms with van der Waals surface area (Å²) >= 11 is 0. The van der Waals surface area contributed by atoms with Gasteiger partial charge < -0.3 is 15.5 Å². The molecule has 1 amide bonds. The van der Waals surface area contributed by atoms with Gasteiger partial charge in [-0.2, -0.15) is 0 Å². The number of carbonyl (C=O) groups excluding carboxylic acids is 1. The second-order valence-electron chi connectivity index (χ2n) is 4.39. The van der Waals surface area contributed by atoms with E-state index in [1.54, 1.807) is 31.2 Å². The predicted octanol–water partition coefficient (Wildman–Crippen LogP) is 0.719. The Kier molecular flexibility index (Phi) is 3.95. The molecule has 6 heteroatoms. The summed E-state index contributed by atoms with van der Waals surface area (Å²) in [7, 11) is 0. The number of pyridine rings is 1. The molecule has 1 heterocycles. The minimum Gasteiger partial charge on any atom is -0.479 e. The van der Waals surface area contributed by atoms with Gasteiger partial charge in [0.2, 0.25) is 0 Å². The van der Waals surface area contributed by atoms with Crippen molar-refractivity contribution in [2.24, 2.45) is 0 Å². The summed E-state index contributed by atoms with van der Waals surface area (Å²) in [4.78, 5) is 26.9. The molecule has 0 saturated heterocycles. The molecule has 0 bridgehead atoms. The third-order valence-corrected chi connectivity index (χ3v) is 2.83.